The van der Waals surface area contributed by atoms with Gasteiger partial charge in [-0.1, -0.05) is 39.8 Å². The van der Waals surface area contributed by atoms with Gasteiger partial charge >= 0.3 is 0 Å². The number of hydrogen-bond donors (Lipinski definition) is 0. The first-order chi connectivity index (χ1) is 9.52. The van der Waals surface area contributed by atoms with Gasteiger partial charge in [0, 0.05) is 0 Å². The lowest BCUT2D eigenvalue weighted by Gasteiger charge is -2.18. The Hall–Kier alpha value is -1.02. The first kappa shape index (κ1) is 15.4. The smallest absolute Gasteiger partial charge is 0.122 e. The van der Waals surface area contributed by atoms with Crippen LogP contribution < -0.4 is 4.74 Å². The number of rotatable bonds is 7. The molecule has 1 heterocycles. The highest BCUT2D eigenvalue weighted by atomic mass is 16.6. The minimum absolute atomic E-state index is 0.453. The van der Waals surface area contributed by atoms with Crippen molar-refractivity contribution < 1.29 is 9.47 Å². The van der Waals surface area contributed by atoms with Crippen molar-refractivity contribution in [2.24, 2.45) is 0 Å². The maximum absolute atomic E-state index is 5.87. The average molecular weight is 276 g/mol. The molecule has 2 rings (SSSR count). The van der Waals surface area contributed by atoms with Gasteiger partial charge in [-0.25, -0.2) is 0 Å². The first-order valence-electron chi connectivity index (χ1n) is 7.95. The Labute approximate surface area is 123 Å². The molecule has 112 valence electrons. The van der Waals surface area contributed by atoms with Gasteiger partial charge in [-0.05, 0) is 48.8 Å². The third kappa shape index (κ3) is 3.76. The van der Waals surface area contributed by atoms with E-state index in [0.717, 1.165) is 25.2 Å². The van der Waals surface area contributed by atoms with E-state index in [2.05, 4.69) is 52.8 Å². The predicted molar refractivity (Wildman–Crippen MR) is 83.7 cm³/mol. The normalized spacial score (nSPS) is 22.9. The van der Waals surface area contributed by atoms with Crippen molar-refractivity contribution in [3.8, 4) is 5.75 Å². The highest BCUT2D eigenvalue weighted by Gasteiger charge is 2.35. The molecule has 1 aromatic carbocycles. The van der Waals surface area contributed by atoms with E-state index in [0.29, 0.717) is 24.0 Å². The third-order valence-corrected chi connectivity index (χ3v) is 4.11. The molecule has 1 aliphatic rings. The molecule has 0 saturated carbocycles. The van der Waals surface area contributed by atoms with E-state index in [1.54, 1.807) is 0 Å². The van der Waals surface area contributed by atoms with E-state index in [1.165, 1.54) is 11.1 Å². The van der Waals surface area contributed by atoms with Crippen LogP contribution in [0.1, 0.15) is 70.4 Å². The van der Waals surface area contributed by atoms with Crippen molar-refractivity contribution in [3.63, 3.8) is 0 Å². The fraction of sp³-hybridized carbons (Fsp3) is 0.667. The van der Waals surface area contributed by atoms with Gasteiger partial charge in [-0.3, -0.25) is 0 Å². The molecule has 1 fully saturated rings. The summed E-state index contributed by atoms with van der Waals surface area (Å²) in [4.78, 5) is 0. The summed E-state index contributed by atoms with van der Waals surface area (Å²) < 4.78 is 11.4. The second-order valence-electron chi connectivity index (χ2n) is 6.32. The topological polar surface area (TPSA) is 21.8 Å². The summed E-state index contributed by atoms with van der Waals surface area (Å²) in [6, 6.07) is 6.69. The molecule has 0 radical (unpaired) electrons. The van der Waals surface area contributed by atoms with Gasteiger partial charge in [0.25, 0.3) is 0 Å². The van der Waals surface area contributed by atoms with E-state index >= 15 is 0 Å². The Morgan fingerprint density at radius 1 is 1.25 bits per heavy atom. The van der Waals surface area contributed by atoms with E-state index in [4.69, 9.17) is 9.47 Å². The molecular formula is C18H28O2. The van der Waals surface area contributed by atoms with Crippen molar-refractivity contribution in [2.75, 3.05) is 6.61 Å². The molecule has 1 aliphatic heterocycles. The van der Waals surface area contributed by atoms with Crippen molar-refractivity contribution in [2.45, 2.75) is 71.5 Å². The van der Waals surface area contributed by atoms with Crippen LogP contribution in [-0.2, 0) is 4.74 Å². The van der Waals surface area contributed by atoms with E-state index in [9.17, 15) is 0 Å². The summed E-state index contributed by atoms with van der Waals surface area (Å²) in [5.74, 6) is 2.08. The first-order valence-corrected chi connectivity index (χ1v) is 7.95. The molecule has 0 spiro atoms. The zero-order valence-electron chi connectivity index (χ0n) is 13.5. The third-order valence-electron chi connectivity index (χ3n) is 4.11. The summed E-state index contributed by atoms with van der Waals surface area (Å²) >= 11 is 0. The molecule has 1 aromatic rings. The summed E-state index contributed by atoms with van der Waals surface area (Å²) in [7, 11) is 0. The van der Waals surface area contributed by atoms with Crippen LogP contribution in [0, 0.1) is 0 Å². The second kappa shape index (κ2) is 6.62. The van der Waals surface area contributed by atoms with Crippen LogP contribution in [0.25, 0.3) is 0 Å². The summed E-state index contributed by atoms with van der Waals surface area (Å²) in [6.07, 6.45) is 3.08. The quantitative estimate of drug-likeness (QED) is 0.662. The predicted octanol–water partition coefficient (Wildman–Crippen LogP) is 4.88. The van der Waals surface area contributed by atoms with Gasteiger partial charge in [0.15, 0.2) is 0 Å². The molecule has 0 amide bonds. The van der Waals surface area contributed by atoms with Crippen LogP contribution in [0.5, 0.6) is 5.75 Å². The molecule has 2 nitrogen and oxygen atoms in total. The van der Waals surface area contributed by atoms with Gasteiger partial charge in [0.2, 0.25) is 0 Å². The minimum Gasteiger partial charge on any atom is -0.493 e. The Kier molecular flexibility index (Phi) is 5.09. The van der Waals surface area contributed by atoms with Gasteiger partial charge in [-0.2, -0.15) is 0 Å². The van der Waals surface area contributed by atoms with Crippen molar-refractivity contribution in [1.29, 1.82) is 0 Å². The summed E-state index contributed by atoms with van der Waals surface area (Å²) in [6.45, 7) is 11.8. The molecule has 2 heteroatoms. The van der Waals surface area contributed by atoms with Crippen LogP contribution in [0.4, 0.5) is 0 Å². The minimum atomic E-state index is 0.453. The Morgan fingerprint density at radius 2 is 1.95 bits per heavy atom. The monoisotopic (exact) mass is 276 g/mol. The number of hydrogen-bond acceptors (Lipinski definition) is 2. The molecule has 1 saturated heterocycles. The molecule has 0 bridgehead atoms. The summed E-state index contributed by atoms with van der Waals surface area (Å²) in [5.41, 5.74) is 2.73. The Morgan fingerprint density at radius 3 is 2.50 bits per heavy atom. The highest BCUT2D eigenvalue weighted by molar-refractivity contribution is 5.40. The van der Waals surface area contributed by atoms with Crippen LogP contribution in [-0.4, -0.2) is 18.8 Å². The van der Waals surface area contributed by atoms with Crippen molar-refractivity contribution >= 4 is 0 Å². The SMILES string of the molecule is CCCOc1ccc(C(C)CC2OC2C)cc1C(C)C. The molecule has 3 unspecified atom stereocenters. The Bertz CT molecular complexity index is 439. The fourth-order valence-electron chi connectivity index (χ4n) is 2.63. The second-order valence-corrected chi connectivity index (χ2v) is 6.32. The molecule has 0 N–H and O–H groups in total. The van der Waals surface area contributed by atoms with Gasteiger partial charge in [0.05, 0.1) is 18.8 Å². The van der Waals surface area contributed by atoms with E-state index < -0.39 is 0 Å². The van der Waals surface area contributed by atoms with Gasteiger partial charge in [-0.15, -0.1) is 0 Å². The number of ether oxygens (including phenoxy) is 2. The van der Waals surface area contributed by atoms with Gasteiger partial charge < -0.3 is 9.47 Å². The van der Waals surface area contributed by atoms with Crippen LogP contribution in [0.2, 0.25) is 0 Å². The molecule has 3 atom stereocenters. The zero-order valence-corrected chi connectivity index (χ0v) is 13.5. The zero-order chi connectivity index (χ0) is 14.7. The molecule has 0 aliphatic carbocycles. The lowest BCUT2D eigenvalue weighted by Crippen LogP contribution is -2.04. The van der Waals surface area contributed by atoms with Crippen LogP contribution in [0.15, 0.2) is 18.2 Å². The molecule has 20 heavy (non-hydrogen) atoms. The van der Waals surface area contributed by atoms with Crippen molar-refractivity contribution in [3.05, 3.63) is 29.3 Å². The van der Waals surface area contributed by atoms with Crippen LogP contribution >= 0.6 is 0 Å². The van der Waals surface area contributed by atoms with Crippen molar-refractivity contribution in [1.82, 2.24) is 0 Å². The summed E-state index contributed by atoms with van der Waals surface area (Å²) in [5, 5.41) is 0. The number of benzene rings is 1. The van der Waals surface area contributed by atoms with Gasteiger partial charge in [0.1, 0.15) is 5.75 Å². The molecule has 0 aromatic heterocycles. The standard InChI is InChI=1S/C18H28O2/c1-6-9-19-17-8-7-15(11-16(17)12(2)3)13(4)10-18-14(5)20-18/h7-8,11-14,18H,6,9-10H2,1-5H3. The largest absolute Gasteiger partial charge is 0.493 e. The fourth-order valence-corrected chi connectivity index (χ4v) is 2.63. The maximum atomic E-state index is 5.87. The van der Waals surface area contributed by atoms with E-state index in [-0.39, 0.29) is 0 Å². The highest BCUT2D eigenvalue weighted by Crippen LogP contribution is 2.35. The lowest BCUT2D eigenvalue weighted by molar-refractivity contribution is 0.313. The lowest BCUT2D eigenvalue weighted by atomic mass is 9.91. The van der Waals surface area contributed by atoms with Crippen LogP contribution in [0.3, 0.4) is 0 Å². The average Bonchev–Trinajstić information content (AvgIpc) is 3.11. The number of epoxide rings is 1. The van der Waals surface area contributed by atoms with E-state index in [1.807, 2.05) is 0 Å². The Balaban J connectivity index is 2.11. The molecular weight excluding hydrogens is 248 g/mol. The maximum Gasteiger partial charge on any atom is 0.122 e.